The fourth-order valence-electron chi connectivity index (χ4n) is 2.12. The highest BCUT2D eigenvalue weighted by molar-refractivity contribution is 9.10. The zero-order valence-corrected chi connectivity index (χ0v) is 13.3. The van der Waals surface area contributed by atoms with Crippen molar-refractivity contribution < 1.29 is 0 Å². The van der Waals surface area contributed by atoms with Crippen molar-refractivity contribution >= 4 is 45.0 Å². The smallest absolute Gasteiger partial charge is 0.0485 e. The van der Waals surface area contributed by atoms with Crippen LogP contribution in [-0.2, 0) is 5.88 Å². The quantitative estimate of drug-likeness (QED) is 0.732. The van der Waals surface area contributed by atoms with Crippen molar-refractivity contribution in [2.75, 3.05) is 17.2 Å². The molecule has 1 aromatic rings. The molecule has 2 atom stereocenters. The van der Waals surface area contributed by atoms with Crippen molar-refractivity contribution in [2.24, 2.45) is 0 Å². The van der Waals surface area contributed by atoms with Crippen molar-refractivity contribution in [3.05, 3.63) is 28.2 Å². The third-order valence-electron chi connectivity index (χ3n) is 3.40. The van der Waals surface area contributed by atoms with Crippen molar-refractivity contribution in [3.8, 4) is 0 Å². The SMILES string of the molecule is CC1SCCN(c2ccc(CCl)c(Br)c2)C1C. The summed E-state index contributed by atoms with van der Waals surface area (Å²) in [5, 5.41) is 0.690. The van der Waals surface area contributed by atoms with Gasteiger partial charge < -0.3 is 4.90 Å². The Morgan fingerprint density at radius 1 is 1.47 bits per heavy atom. The van der Waals surface area contributed by atoms with Gasteiger partial charge >= 0.3 is 0 Å². The molecule has 2 unspecified atom stereocenters. The Balaban J connectivity index is 2.24. The first-order chi connectivity index (χ1) is 8.13. The van der Waals surface area contributed by atoms with E-state index in [1.165, 1.54) is 11.4 Å². The Hall–Kier alpha value is 0.140. The van der Waals surface area contributed by atoms with Crippen LogP contribution in [0.25, 0.3) is 0 Å². The molecule has 0 saturated carbocycles. The first kappa shape index (κ1) is 13.6. The van der Waals surface area contributed by atoms with Crippen molar-refractivity contribution in [1.29, 1.82) is 0 Å². The number of hydrogen-bond donors (Lipinski definition) is 0. The van der Waals surface area contributed by atoms with E-state index in [0.29, 0.717) is 17.2 Å². The van der Waals surface area contributed by atoms with Gasteiger partial charge in [0.15, 0.2) is 0 Å². The lowest BCUT2D eigenvalue weighted by atomic mass is 10.1. The predicted octanol–water partition coefficient (Wildman–Crippen LogP) is 4.52. The molecule has 1 saturated heterocycles. The zero-order valence-electron chi connectivity index (χ0n) is 10.1. The maximum Gasteiger partial charge on any atom is 0.0485 e. The molecule has 1 fully saturated rings. The number of nitrogens with zero attached hydrogens (tertiary/aromatic N) is 1. The monoisotopic (exact) mass is 333 g/mol. The molecule has 0 amide bonds. The summed E-state index contributed by atoms with van der Waals surface area (Å²) in [5.74, 6) is 1.77. The van der Waals surface area contributed by atoms with Crippen LogP contribution in [-0.4, -0.2) is 23.6 Å². The molecular weight excluding hydrogens is 318 g/mol. The van der Waals surface area contributed by atoms with E-state index >= 15 is 0 Å². The molecule has 1 aliphatic heterocycles. The summed E-state index contributed by atoms with van der Waals surface area (Å²) < 4.78 is 1.11. The predicted molar refractivity (Wildman–Crippen MR) is 82.4 cm³/mol. The Kier molecular flexibility index (Phi) is 4.67. The molecule has 2 rings (SSSR count). The van der Waals surface area contributed by atoms with Gasteiger partial charge in [0.1, 0.15) is 0 Å². The Labute approximate surface area is 121 Å². The van der Waals surface area contributed by atoms with E-state index < -0.39 is 0 Å². The van der Waals surface area contributed by atoms with Gasteiger partial charge in [-0.15, -0.1) is 11.6 Å². The molecule has 1 aliphatic rings. The Bertz CT molecular complexity index is 399. The average Bonchev–Trinajstić information content (AvgIpc) is 2.32. The van der Waals surface area contributed by atoms with E-state index in [2.05, 4.69) is 64.6 Å². The topological polar surface area (TPSA) is 3.24 Å². The fraction of sp³-hybridized carbons (Fsp3) is 0.538. The molecule has 94 valence electrons. The highest BCUT2D eigenvalue weighted by Crippen LogP contribution is 2.31. The van der Waals surface area contributed by atoms with Gasteiger partial charge in [-0.05, 0) is 24.6 Å². The lowest BCUT2D eigenvalue weighted by Gasteiger charge is -2.39. The third kappa shape index (κ3) is 2.94. The van der Waals surface area contributed by atoms with E-state index in [4.69, 9.17) is 11.6 Å². The largest absolute Gasteiger partial charge is 0.367 e. The molecule has 0 bridgehead atoms. The van der Waals surface area contributed by atoms with Gasteiger partial charge in [0.25, 0.3) is 0 Å². The highest BCUT2D eigenvalue weighted by Gasteiger charge is 2.25. The number of halogens is 2. The number of benzene rings is 1. The summed E-state index contributed by atoms with van der Waals surface area (Å²) in [6.07, 6.45) is 0. The van der Waals surface area contributed by atoms with Crippen LogP contribution < -0.4 is 4.90 Å². The Morgan fingerprint density at radius 3 is 2.88 bits per heavy atom. The number of rotatable bonds is 2. The molecule has 0 radical (unpaired) electrons. The van der Waals surface area contributed by atoms with E-state index in [-0.39, 0.29) is 0 Å². The molecule has 0 spiro atoms. The van der Waals surface area contributed by atoms with E-state index in [1.807, 2.05) is 0 Å². The van der Waals surface area contributed by atoms with Gasteiger partial charge in [0, 0.05) is 39.6 Å². The van der Waals surface area contributed by atoms with Gasteiger partial charge in [0.2, 0.25) is 0 Å². The normalized spacial score (nSPS) is 25.1. The number of hydrogen-bond acceptors (Lipinski definition) is 2. The molecule has 1 heterocycles. The first-order valence-electron chi connectivity index (χ1n) is 5.86. The minimum atomic E-state index is 0.558. The zero-order chi connectivity index (χ0) is 12.4. The van der Waals surface area contributed by atoms with E-state index in [1.54, 1.807) is 0 Å². The maximum atomic E-state index is 5.88. The molecular formula is C13H17BrClNS. The van der Waals surface area contributed by atoms with Gasteiger partial charge in [-0.3, -0.25) is 0 Å². The second-order valence-electron chi connectivity index (χ2n) is 4.42. The number of alkyl halides is 1. The second-order valence-corrected chi connectivity index (χ2v) is 7.03. The Morgan fingerprint density at radius 2 is 2.24 bits per heavy atom. The van der Waals surface area contributed by atoms with Gasteiger partial charge in [-0.1, -0.05) is 28.9 Å². The van der Waals surface area contributed by atoms with Crippen molar-refractivity contribution in [2.45, 2.75) is 31.0 Å². The van der Waals surface area contributed by atoms with Crippen LogP contribution in [0.3, 0.4) is 0 Å². The highest BCUT2D eigenvalue weighted by atomic mass is 79.9. The number of anilines is 1. The molecule has 1 nitrogen and oxygen atoms in total. The van der Waals surface area contributed by atoms with Gasteiger partial charge in [-0.25, -0.2) is 0 Å². The molecule has 4 heteroatoms. The van der Waals surface area contributed by atoms with Crippen molar-refractivity contribution in [3.63, 3.8) is 0 Å². The molecule has 1 aromatic carbocycles. The summed E-state index contributed by atoms with van der Waals surface area (Å²) in [4.78, 5) is 2.49. The van der Waals surface area contributed by atoms with Crippen LogP contribution in [0.15, 0.2) is 22.7 Å². The summed E-state index contributed by atoms with van der Waals surface area (Å²) >= 11 is 11.5. The first-order valence-corrected chi connectivity index (χ1v) is 8.23. The number of thioether (sulfide) groups is 1. The molecule has 0 N–H and O–H groups in total. The second kappa shape index (κ2) is 5.85. The summed E-state index contributed by atoms with van der Waals surface area (Å²) in [6.45, 7) is 5.74. The van der Waals surface area contributed by atoms with Crippen LogP contribution in [0.5, 0.6) is 0 Å². The van der Waals surface area contributed by atoms with E-state index in [0.717, 1.165) is 16.6 Å². The maximum absolute atomic E-state index is 5.88. The van der Waals surface area contributed by atoms with Crippen LogP contribution in [0, 0.1) is 0 Å². The standard InChI is InChI=1S/C13H17BrClNS/c1-9-10(2)17-6-5-16(9)12-4-3-11(8-15)13(14)7-12/h3-4,7,9-10H,5-6,8H2,1-2H3. The molecule has 0 aromatic heterocycles. The third-order valence-corrected chi connectivity index (χ3v) is 5.76. The minimum Gasteiger partial charge on any atom is -0.367 e. The van der Waals surface area contributed by atoms with Crippen LogP contribution in [0.4, 0.5) is 5.69 Å². The lowest BCUT2D eigenvalue weighted by Crippen LogP contribution is -2.44. The fourth-order valence-corrected chi connectivity index (χ4v) is 4.12. The molecule has 0 aliphatic carbocycles. The van der Waals surface area contributed by atoms with Crippen LogP contribution in [0.2, 0.25) is 0 Å². The minimum absolute atomic E-state index is 0.558. The van der Waals surface area contributed by atoms with Gasteiger partial charge in [0.05, 0.1) is 0 Å². The lowest BCUT2D eigenvalue weighted by molar-refractivity contribution is 0.627. The van der Waals surface area contributed by atoms with Gasteiger partial charge in [-0.2, -0.15) is 11.8 Å². The summed E-state index contributed by atoms with van der Waals surface area (Å²) in [7, 11) is 0. The average molecular weight is 335 g/mol. The van der Waals surface area contributed by atoms with Crippen LogP contribution >= 0.6 is 39.3 Å². The molecule has 17 heavy (non-hydrogen) atoms. The van der Waals surface area contributed by atoms with E-state index in [9.17, 15) is 0 Å². The van der Waals surface area contributed by atoms with Crippen LogP contribution in [0.1, 0.15) is 19.4 Å². The summed E-state index contributed by atoms with van der Waals surface area (Å²) in [5.41, 5.74) is 2.45. The summed E-state index contributed by atoms with van der Waals surface area (Å²) in [6, 6.07) is 7.08. The van der Waals surface area contributed by atoms with Crippen molar-refractivity contribution in [1.82, 2.24) is 0 Å².